The van der Waals surface area contributed by atoms with Crippen LogP contribution in [0.4, 0.5) is 0 Å². The van der Waals surface area contributed by atoms with Crippen molar-refractivity contribution in [1.82, 2.24) is 0 Å². The number of rotatable bonds is 10. The first-order valence-electron chi connectivity index (χ1n) is 7.10. The van der Waals surface area contributed by atoms with Crippen molar-refractivity contribution in [2.24, 2.45) is 0 Å². The Balaban J connectivity index is 3.79. The summed E-state index contributed by atoms with van der Waals surface area (Å²) in [7, 11) is 0. The predicted molar refractivity (Wildman–Crippen MR) is 76.2 cm³/mol. The van der Waals surface area contributed by atoms with Gasteiger partial charge in [0.15, 0.2) is 5.78 Å². The summed E-state index contributed by atoms with van der Waals surface area (Å²) in [5, 5.41) is 0. The second kappa shape index (κ2) is 11.6. The van der Waals surface area contributed by atoms with Gasteiger partial charge < -0.3 is 0 Å². The van der Waals surface area contributed by atoms with Crippen molar-refractivity contribution in [1.29, 1.82) is 0 Å². The van der Waals surface area contributed by atoms with Crippen LogP contribution in [-0.2, 0) is 4.79 Å². The quantitative estimate of drug-likeness (QED) is 0.375. The first-order valence-corrected chi connectivity index (χ1v) is 7.10. The molecule has 0 heterocycles. The molecule has 0 aliphatic heterocycles. The molecule has 0 aromatic carbocycles. The third kappa shape index (κ3) is 10.0. The summed E-state index contributed by atoms with van der Waals surface area (Å²) >= 11 is 0. The second-order valence-electron chi connectivity index (χ2n) is 4.65. The van der Waals surface area contributed by atoms with Crippen molar-refractivity contribution in [3.05, 3.63) is 23.8 Å². The normalized spacial score (nSPS) is 12.3. The monoisotopic (exact) mass is 236 g/mol. The summed E-state index contributed by atoms with van der Waals surface area (Å²) in [6, 6.07) is 0. The maximum atomic E-state index is 11.7. The molecule has 0 aliphatic rings. The molecule has 0 radical (unpaired) electrons. The topological polar surface area (TPSA) is 17.1 Å². The lowest BCUT2D eigenvalue weighted by molar-refractivity contribution is -0.111. The average molecular weight is 236 g/mol. The Labute approximate surface area is 107 Å². The third-order valence-corrected chi connectivity index (χ3v) is 2.89. The fourth-order valence-corrected chi connectivity index (χ4v) is 1.65. The second-order valence-corrected chi connectivity index (χ2v) is 4.65. The van der Waals surface area contributed by atoms with Gasteiger partial charge >= 0.3 is 0 Å². The summed E-state index contributed by atoms with van der Waals surface area (Å²) < 4.78 is 0. The molecule has 0 bridgehead atoms. The number of hydrogen-bond acceptors (Lipinski definition) is 1. The lowest BCUT2D eigenvalue weighted by Gasteiger charge is -1.97. The third-order valence-electron chi connectivity index (χ3n) is 2.89. The van der Waals surface area contributed by atoms with Crippen LogP contribution in [0.1, 0.15) is 72.1 Å². The molecular weight excluding hydrogens is 208 g/mol. The molecule has 1 nitrogen and oxygen atoms in total. The molecule has 0 atom stereocenters. The van der Waals surface area contributed by atoms with Crippen molar-refractivity contribution >= 4 is 5.78 Å². The fraction of sp³-hybridized carbons (Fsp3) is 0.688. The molecule has 0 fully saturated rings. The molecule has 17 heavy (non-hydrogen) atoms. The van der Waals surface area contributed by atoms with Gasteiger partial charge in [-0.15, -0.1) is 0 Å². The Hall–Kier alpha value is -0.850. The lowest BCUT2D eigenvalue weighted by Crippen LogP contribution is -1.94. The zero-order chi connectivity index (χ0) is 12.9. The smallest absolute Gasteiger partial charge is 0.180 e. The lowest BCUT2D eigenvalue weighted by atomic mass is 10.1. The van der Waals surface area contributed by atoms with Crippen LogP contribution in [0.3, 0.4) is 0 Å². The van der Waals surface area contributed by atoms with Crippen LogP contribution in [0.25, 0.3) is 0 Å². The molecule has 0 unspecified atom stereocenters. The van der Waals surface area contributed by atoms with Gasteiger partial charge in [0, 0.05) is 0 Å². The Bertz CT molecular complexity index is 248. The van der Waals surface area contributed by atoms with E-state index < -0.39 is 0 Å². The van der Waals surface area contributed by atoms with Crippen LogP contribution >= 0.6 is 0 Å². The number of hydrogen-bond donors (Lipinski definition) is 0. The Kier molecular flexibility index (Phi) is 11.0. The molecule has 0 aliphatic carbocycles. The molecule has 98 valence electrons. The summed E-state index contributed by atoms with van der Waals surface area (Å²) in [6.07, 6.45) is 15.3. The SMILES string of the molecule is CCCCCC=CC(=O)C(C)=CCCCCC. The summed E-state index contributed by atoms with van der Waals surface area (Å²) in [5.41, 5.74) is 0.896. The van der Waals surface area contributed by atoms with E-state index >= 15 is 0 Å². The number of allylic oxidation sites excluding steroid dienone is 4. The van der Waals surface area contributed by atoms with Gasteiger partial charge in [-0.2, -0.15) is 0 Å². The van der Waals surface area contributed by atoms with Gasteiger partial charge in [0.25, 0.3) is 0 Å². The highest BCUT2D eigenvalue weighted by atomic mass is 16.1. The van der Waals surface area contributed by atoms with Crippen LogP contribution in [-0.4, -0.2) is 5.78 Å². The van der Waals surface area contributed by atoms with Crippen LogP contribution in [0.2, 0.25) is 0 Å². The van der Waals surface area contributed by atoms with E-state index in [4.69, 9.17) is 0 Å². The highest BCUT2D eigenvalue weighted by molar-refractivity contribution is 6.03. The highest BCUT2D eigenvalue weighted by Gasteiger charge is 1.98. The van der Waals surface area contributed by atoms with E-state index in [1.165, 1.54) is 38.5 Å². The summed E-state index contributed by atoms with van der Waals surface area (Å²) in [6.45, 7) is 6.31. The predicted octanol–water partition coefficient (Wildman–Crippen LogP) is 5.22. The molecule has 1 heteroatoms. The number of unbranched alkanes of at least 4 members (excludes halogenated alkanes) is 6. The van der Waals surface area contributed by atoms with Gasteiger partial charge in [-0.05, 0) is 44.3 Å². The van der Waals surface area contributed by atoms with E-state index in [9.17, 15) is 4.79 Å². The molecule has 0 saturated heterocycles. The molecule has 0 rings (SSSR count). The summed E-state index contributed by atoms with van der Waals surface area (Å²) in [4.78, 5) is 11.7. The van der Waals surface area contributed by atoms with Crippen LogP contribution in [0.5, 0.6) is 0 Å². The van der Waals surface area contributed by atoms with Gasteiger partial charge in [-0.25, -0.2) is 0 Å². The van der Waals surface area contributed by atoms with Crippen molar-refractivity contribution in [2.45, 2.75) is 72.1 Å². The van der Waals surface area contributed by atoms with E-state index in [0.717, 1.165) is 18.4 Å². The van der Waals surface area contributed by atoms with E-state index in [2.05, 4.69) is 19.9 Å². The minimum absolute atomic E-state index is 0.179. The van der Waals surface area contributed by atoms with Gasteiger partial charge in [0.2, 0.25) is 0 Å². The molecule has 0 aromatic heterocycles. The van der Waals surface area contributed by atoms with Crippen LogP contribution < -0.4 is 0 Å². The standard InChI is InChI=1S/C16H28O/c1-4-6-8-10-12-14-16(17)15(3)13-11-9-7-5-2/h12-14H,4-11H2,1-3H3. The van der Waals surface area contributed by atoms with Crippen molar-refractivity contribution < 1.29 is 4.79 Å². The molecule has 0 aromatic rings. The maximum absolute atomic E-state index is 11.7. The molecule has 0 spiro atoms. The molecular formula is C16H28O. The van der Waals surface area contributed by atoms with Gasteiger partial charge in [-0.3, -0.25) is 4.79 Å². The Morgan fingerprint density at radius 3 is 2.12 bits per heavy atom. The number of ketones is 1. The van der Waals surface area contributed by atoms with Crippen molar-refractivity contribution in [3.8, 4) is 0 Å². The van der Waals surface area contributed by atoms with Crippen molar-refractivity contribution in [3.63, 3.8) is 0 Å². The molecule has 0 N–H and O–H groups in total. The van der Waals surface area contributed by atoms with Crippen LogP contribution in [0, 0.1) is 0 Å². The molecule has 0 amide bonds. The first kappa shape index (κ1) is 16.1. The van der Waals surface area contributed by atoms with Crippen LogP contribution in [0.15, 0.2) is 23.8 Å². The minimum Gasteiger partial charge on any atom is -0.290 e. The van der Waals surface area contributed by atoms with E-state index in [-0.39, 0.29) is 5.78 Å². The van der Waals surface area contributed by atoms with Crippen molar-refractivity contribution in [2.75, 3.05) is 0 Å². The van der Waals surface area contributed by atoms with E-state index in [1.54, 1.807) is 6.08 Å². The first-order chi connectivity index (χ1) is 8.22. The Morgan fingerprint density at radius 2 is 1.53 bits per heavy atom. The largest absolute Gasteiger partial charge is 0.290 e. The van der Waals surface area contributed by atoms with E-state index in [0.29, 0.717) is 0 Å². The van der Waals surface area contributed by atoms with Gasteiger partial charge in [-0.1, -0.05) is 51.7 Å². The Morgan fingerprint density at radius 1 is 0.941 bits per heavy atom. The van der Waals surface area contributed by atoms with Gasteiger partial charge in [0.05, 0.1) is 0 Å². The zero-order valence-corrected chi connectivity index (χ0v) is 11.8. The average Bonchev–Trinajstić information content (AvgIpc) is 2.34. The zero-order valence-electron chi connectivity index (χ0n) is 11.8. The molecule has 0 saturated carbocycles. The fourth-order valence-electron chi connectivity index (χ4n) is 1.65. The van der Waals surface area contributed by atoms with E-state index in [1.807, 2.05) is 13.0 Å². The van der Waals surface area contributed by atoms with Gasteiger partial charge in [0.1, 0.15) is 0 Å². The maximum Gasteiger partial charge on any atom is 0.180 e. The number of carbonyl (C=O) groups is 1. The number of carbonyl (C=O) groups excluding carboxylic acids is 1. The highest BCUT2D eigenvalue weighted by Crippen LogP contribution is 2.06. The minimum atomic E-state index is 0.179. The summed E-state index contributed by atoms with van der Waals surface area (Å²) in [5.74, 6) is 0.179.